The van der Waals surface area contributed by atoms with Gasteiger partial charge < -0.3 is 14.2 Å². The molecule has 0 spiro atoms. The molecule has 202 valence electrons. The van der Waals surface area contributed by atoms with Crippen molar-refractivity contribution in [3.8, 4) is 17.2 Å². The van der Waals surface area contributed by atoms with Gasteiger partial charge in [-0.3, -0.25) is 9.47 Å². The van der Waals surface area contributed by atoms with Crippen LogP contribution in [0.3, 0.4) is 0 Å². The highest BCUT2D eigenvalue weighted by Crippen LogP contribution is 2.42. The van der Waals surface area contributed by atoms with Gasteiger partial charge in [0.2, 0.25) is 0 Å². The van der Waals surface area contributed by atoms with Crippen molar-refractivity contribution in [1.29, 1.82) is 0 Å². The smallest absolute Gasteiger partial charge is 0.497 e. The van der Waals surface area contributed by atoms with Crippen molar-refractivity contribution in [1.82, 2.24) is 24.1 Å². The summed E-state index contributed by atoms with van der Waals surface area (Å²) in [5.74, 6) is 0.834. The van der Waals surface area contributed by atoms with Crippen LogP contribution in [0.15, 0.2) is 53.6 Å². The first-order chi connectivity index (χ1) is 18.4. The van der Waals surface area contributed by atoms with Crippen LogP contribution in [-0.4, -0.2) is 44.0 Å². The average molecular weight is 554 g/mol. The Labute approximate surface area is 225 Å². The van der Waals surface area contributed by atoms with Crippen LogP contribution in [0, 0.1) is 0 Å². The first kappa shape index (κ1) is 25.3. The number of halogens is 2. The lowest BCUT2D eigenvalue weighted by molar-refractivity contribution is -0.286. The quantitative estimate of drug-likeness (QED) is 0.313. The molecule has 0 bridgehead atoms. The second-order valence-electron chi connectivity index (χ2n) is 9.31. The summed E-state index contributed by atoms with van der Waals surface area (Å²) in [6.07, 6.45) is -1.45. The van der Waals surface area contributed by atoms with Crippen LogP contribution in [0.4, 0.5) is 8.78 Å². The Hall–Kier alpha value is -4.03. The van der Waals surface area contributed by atoms with E-state index < -0.39 is 6.29 Å². The highest BCUT2D eigenvalue weighted by atomic mass is 32.1. The molecular formula is C27H25F2N5O4S. The lowest BCUT2D eigenvalue weighted by Gasteiger charge is -2.26. The van der Waals surface area contributed by atoms with Crippen molar-refractivity contribution in [3.05, 3.63) is 80.8 Å². The Morgan fingerprint density at radius 2 is 1.85 bits per heavy atom. The molecule has 0 aliphatic carbocycles. The Bertz CT molecular complexity index is 1760. The van der Waals surface area contributed by atoms with Gasteiger partial charge in [0.25, 0.3) is 0 Å². The number of fused-ring (bicyclic) bond motifs is 6. The zero-order valence-electron chi connectivity index (χ0n) is 20.2. The Morgan fingerprint density at radius 1 is 1.08 bits per heavy atom. The molecule has 9 nitrogen and oxygen atoms in total. The van der Waals surface area contributed by atoms with Crippen LogP contribution < -0.4 is 19.9 Å². The molecule has 7 rings (SSSR count). The molecule has 5 aromatic rings. The zero-order chi connectivity index (χ0) is 26.0. The first-order valence-corrected chi connectivity index (χ1v) is 12.8. The number of methoxy groups -OCH3 is 1. The summed E-state index contributed by atoms with van der Waals surface area (Å²) >= 11 is 1.59. The maximum absolute atomic E-state index is 13.4. The van der Waals surface area contributed by atoms with E-state index in [-0.39, 0.29) is 24.6 Å². The summed E-state index contributed by atoms with van der Waals surface area (Å²) in [7, 11) is 1.62. The molecule has 5 heterocycles. The number of hydrogen-bond donors (Lipinski definition) is 0. The Morgan fingerprint density at radius 3 is 2.64 bits per heavy atom. The summed E-state index contributed by atoms with van der Waals surface area (Å²) in [5, 5.41) is 5.17. The summed E-state index contributed by atoms with van der Waals surface area (Å²) in [6.45, 7) is 2.38. The van der Waals surface area contributed by atoms with Gasteiger partial charge in [0.15, 0.2) is 17.1 Å². The molecule has 0 atom stereocenters. The van der Waals surface area contributed by atoms with Crippen molar-refractivity contribution in [2.45, 2.75) is 39.8 Å². The molecule has 0 radical (unpaired) electrons. The number of alkyl halides is 2. The van der Waals surface area contributed by atoms with E-state index in [1.165, 1.54) is 22.5 Å². The van der Waals surface area contributed by atoms with E-state index in [0.717, 1.165) is 44.9 Å². The van der Waals surface area contributed by atoms with Gasteiger partial charge in [-0.2, -0.15) is 9.61 Å². The number of thiophene rings is 1. The third kappa shape index (κ3) is 4.29. The van der Waals surface area contributed by atoms with Gasteiger partial charge in [-0.25, -0.2) is 9.78 Å². The monoisotopic (exact) mass is 553 g/mol. The topological polar surface area (TPSA) is 83.1 Å². The maximum atomic E-state index is 13.4. The van der Waals surface area contributed by atoms with Crippen LogP contribution in [-0.2, 0) is 26.1 Å². The first-order valence-electron chi connectivity index (χ1n) is 12.0. The fraction of sp³-hybridized carbons (Fsp3) is 0.296. The molecule has 0 saturated heterocycles. The predicted octanol–water partition coefficient (Wildman–Crippen LogP) is 4.68. The minimum Gasteiger partial charge on any atom is -0.497 e. The van der Waals surface area contributed by atoms with Crippen molar-refractivity contribution < 1.29 is 23.0 Å². The fourth-order valence-corrected chi connectivity index (χ4v) is 6.53. The number of benzene rings is 2. The second-order valence-corrected chi connectivity index (χ2v) is 10.4. The average Bonchev–Trinajstić information content (AvgIpc) is 3.60. The molecule has 0 fully saturated rings. The SMILES string of the molecule is C.COc1ccc(Cn2c(=O)n3ncnc3c3c4c(sc32)CN(Cc2ccc3c(c2)OC(F)(F)O3)CC4)cc1. The van der Waals surface area contributed by atoms with Crippen LogP contribution >= 0.6 is 11.3 Å². The van der Waals surface area contributed by atoms with Crippen LogP contribution in [0.25, 0.3) is 15.9 Å². The minimum atomic E-state index is -3.63. The van der Waals surface area contributed by atoms with Gasteiger partial charge in [0, 0.05) is 24.5 Å². The second kappa shape index (κ2) is 9.31. The lowest BCUT2D eigenvalue weighted by Crippen LogP contribution is -2.29. The van der Waals surface area contributed by atoms with Crippen molar-refractivity contribution in [3.63, 3.8) is 0 Å². The van der Waals surface area contributed by atoms with Gasteiger partial charge in [-0.1, -0.05) is 25.6 Å². The van der Waals surface area contributed by atoms with E-state index in [1.54, 1.807) is 35.1 Å². The Balaban J connectivity index is 0.00000277. The van der Waals surface area contributed by atoms with Crippen molar-refractivity contribution in [2.75, 3.05) is 13.7 Å². The van der Waals surface area contributed by atoms with E-state index in [2.05, 4.69) is 24.5 Å². The normalized spacial score (nSPS) is 15.9. The fourth-order valence-electron chi connectivity index (χ4n) is 5.15. The third-order valence-electron chi connectivity index (χ3n) is 6.92. The molecule has 0 unspecified atom stereocenters. The number of nitrogens with zero attached hydrogens (tertiary/aromatic N) is 5. The Kier molecular flexibility index (Phi) is 6.03. The molecule has 12 heteroatoms. The maximum Gasteiger partial charge on any atom is 0.586 e. The zero-order valence-corrected chi connectivity index (χ0v) is 21.0. The molecule has 3 aromatic heterocycles. The number of hydrogen-bond acceptors (Lipinski definition) is 8. The summed E-state index contributed by atoms with van der Waals surface area (Å²) < 4.78 is 44.3. The number of rotatable bonds is 5. The van der Waals surface area contributed by atoms with E-state index in [1.807, 2.05) is 24.3 Å². The van der Waals surface area contributed by atoms with Crippen LogP contribution in [0.2, 0.25) is 0 Å². The summed E-state index contributed by atoms with van der Waals surface area (Å²) in [6, 6.07) is 12.5. The molecule has 0 amide bonds. The van der Waals surface area contributed by atoms with Gasteiger partial charge in [0.1, 0.15) is 16.9 Å². The minimum absolute atomic E-state index is 0. The van der Waals surface area contributed by atoms with Crippen molar-refractivity contribution in [2.24, 2.45) is 0 Å². The molecule has 0 saturated carbocycles. The predicted molar refractivity (Wildman–Crippen MR) is 142 cm³/mol. The lowest BCUT2D eigenvalue weighted by atomic mass is 10.0. The molecule has 2 aliphatic heterocycles. The standard InChI is InChI=1S/C26H21F2N5O4S.CH4/c1-35-17-5-2-15(3-6-17)12-32-24-22(23-29-14-30-33(23)25(32)34)18-8-9-31(13-21(18)38-24)11-16-4-7-19-20(10-16)37-26(27,28)36-19;/h2-7,10,14H,8-9,11-13H2,1H3;1H4. The largest absolute Gasteiger partial charge is 0.586 e. The highest BCUT2D eigenvalue weighted by Gasteiger charge is 2.43. The summed E-state index contributed by atoms with van der Waals surface area (Å²) in [4.78, 5) is 22.1. The van der Waals surface area contributed by atoms with Gasteiger partial charge in [-0.05, 0) is 47.4 Å². The van der Waals surface area contributed by atoms with Gasteiger partial charge in [-0.15, -0.1) is 20.1 Å². The van der Waals surface area contributed by atoms with Gasteiger partial charge >= 0.3 is 12.0 Å². The molecule has 2 aromatic carbocycles. The van der Waals surface area contributed by atoms with Crippen LogP contribution in [0.5, 0.6) is 17.2 Å². The van der Waals surface area contributed by atoms with E-state index in [4.69, 9.17) is 4.74 Å². The van der Waals surface area contributed by atoms with Crippen molar-refractivity contribution >= 4 is 27.2 Å². The number of ether oxygens (including phenoxy) is 3. The third-order valence-corrected chi connectivity index (χ3v) is 8.16. The molecule has 2 aliphatic rings. The molecule has 0 N–H and O–H groups in total. The van der Waals surface area contributed by atoms with E-state index in [9.17, 15) is 13.6 Å². The van der Waals surface area contributed by atoms with Gasteiger partial charge in [0.05, 0.1) is 19.0 Å². The van der Waals surface area contributed by atoms with E-state index in [0.29, 0.717) is 25.3 Å². The summed E-state index contributed by atoms with van der Waals surface area (Å²) in [5.41, 5.74) is 3.32. The highest BCUT2D eigenvalue weighted by molar-refractivity contribution is 7.19. The molecule has 39 heavy (non-hydrogen) atoms. The van der Waals surface area contributed by atoms with Crippen LogP contribution in [0.1, 0.15) is 29.0 Å². The molecular weight excluding hydrogens is 528 g/mol. The number of aromatic nitrogens is 4. The van der Waals surface area contributed by atoms with E-state index >= 15 is 0 Å².